The number of nitrogens with zero attached hydrogens (tertiary/aromatic N) is 2. The van der Waals surface area contributed by atoms with Crippen molar-refractivity contribution in [2.24, 2.45) is 5.73 Å². The van der Waals surface area contributed by atoms with Crippen LogP contribution in [0, 0.1) is 0 Å². The summed E-state index contributed by atoms with van der Waals surface area (Å²) in [5.74, 6) is 0. The largest absolute Gasteiger partial charge is 0.375 e. The van der Waals surface area contributed by atoms with E-state index in [4.69, 9.17) is 10.5 Å². The number of aromatic nitrogens is 2. The second-order valence-corrected chi connectivity index (χ2v) is 4.96. The number of nitrogens with two attached hydrogens (primary N) is 1. The minimum absolute atomic E-state index is 0.00178. The van der Waals surface area contributed by atoms with Crippen LogP contribution in [0.15, 0.2) is 0 Å². The van der Waals surface area contributed by atoms with Gasteiger partial charge in [0.1, 0.15) is 0 Å². The highest BCUT2D eigenvalue weighted by molar-refractivity contribution is 5.28. The molecule has 0 unspecified atom stereocenters. The van der Waals surface area contributed by atoms with Crippen LogP contribution in [0.5, 0.6) is 0 Å². The maximum absolute atomic E-state index is 5.71. The van der Waals surface area contributed by atoms with Crippen LogP contribution in [-0.4, -0.2) is 16.4 Å². The highest BCUT2D eigenvalue weighted by Crippen LogP contribution is 2.25. The molecule has 1 aliphatic heterocycles. The predicted octanol–water partition coefficient (Wildman–Crippen LogP) is 1.17. The monoisotopic (exact) mass is 209 g/mol. The SMILES string of the molecule is CC(C)(C)n1nc(CN)c2c1COCC2. The van der Waals surface area contributed by atoms with E-state index >= 15 is 0 Å². The molecule has 0 atom stereocenters. The van der Waals surface area contributed by atoms with Crippen LogP contribution < -0.4 is 5.73 Å². The van der Waals surface area contributed by atoms with E-state index in [-0.39, 0.29) is 5.54 Å². The molecule has 2 rings (SSSR count). The fraction of sp³-hybridized carbons (Fsp3) is 0.727. The summed E-state index contributed by atoms with van der Waals surface area (Å²) in [5.41, 5.74) is 9.25. The zero-order valence-electron chi connectivity index (χ0n) is 9.71. The third kappa shape index (κ3) is 1.79. The zero-order chi connectivity index (χ0) is 11.1. The molecule has 84 valence electrons. The minimum atomic E-state index is -0.00178. The summed E-state index contributed by atoms with van der Waals surface area (Å²) in [4.78, 5) is 0. The van der Waals surface area contributed by atoms with Gasteiger partial charge in [-0.25, -0.2) is 0 Å². The number of rotatable bonds is 1. The Bertz CT molecular complexity index is 363. The first-order valence-corrected chi connectivity index (χ1v) is 5.42. The average Bonchev–Trinajstić information content (AvgIpc) is 2.55. The van der Waals surface area contributed by atoms with Crippen molar-refractivity contribution in [2.45, 2.75) is 45.9 Å². The molecule has 0 saturated carbocycles. The fourth-order valence-electron chi connectivity index (χ4n) is 2.03. The Morgan fingerprint density at radius 1 is 1.47 bits per heavy atom. The van der Waals surface area contributed by atoms with Gasteiger partial charge in [0.2, 0.25) is 0 Å². The first-order chi connectivity index (χ1) is 7.04. The van der Waals surface area contributed by atoms with Crippen LogP contribution in [0.4, 0.5) is 0 Å². The maximum Gasteiger partial charge on any atom is 0.0888 e. The molecule has 0 spiro atoms. The van der Waals surface area contributed by atoms with Crippen molar-refractivity contribution >= 4 is 0 Å². The van der Waals surface area contributed by atoms with Gasteiger partial charge in [-0.1, -0.05) is 0 Å². The Balaban J connectivity index is 2.52. The van der Waals surface area contributed by atoms with E-state index in [2.05, 4.69) is 30.6 Å². The van der Waals surface area contributed by atoms with Crippen molar-refractivity contribution in [1.82, 2.24) is 9.78 Å². The van der Waals surface area contributed by atoms with Gasteiger partial charge >= 0.3 is 0 Å². The quantitative estimate of drug-likeness (QED) is 0.755. The molecule has 4 heteroatoms. The number of hydrogen-bond donors (Lipinski definition) is 1. The van der Waals surface area contributed by atoms with E-state index in [0.717, 1.165) is 18.7 Å². The summed E-state index contributed by atoms with van der Waals surface area (Å²) in [6, 6.07) is 0. The Morgan fingerprint density at radius 3 is 2.80 bits per heavy atom. The Kier molecular flexibility index (Phi) is 2.56. The lowest BCUT2D eigenvalue weighted by molar-refractivity contribution is 0.0999. The van der Waals surface area contributed by atoms with E-state index in [9.17, 15) is 0 Å². The topological polar surface area (TPSA) is 53.1 Å². The molecule has 0 amide bonds. The standard InChI is InChI=1S/C11H19N3O/c1-11(2,3)14-10-7-15-5-4-8(10)9(6-12)13-14/h4-7,12H2,1-3H3. The third-order valence-electron chi connectivity index (χ3n) is 2.74. The third-order valence-corrected chi connectivity index (χ3v) is 2.74. The van der Waals surface area contributed by atoms with Crippen LogP contribution in [0.25, 0.3) is 0 Å². The van der Waals surface area contributed by atoms with E-state index < -0.39 is 0 Å². The van der Waals surface area contributed by atoms with Crippen LogP contribution in [0.2, 0.25) is 0 Å². The summed E-state index contributed by atoms with van der Waals surface area (Å²) >= 11 is 0. The summed E-state index contributed by atoms with van der Waals surface area (Å²) in [6.45, 7) is 8.42. The van der Waals surface area contributed by atoms with E-state index in [1.54, 1.807) is 0 Å². The van der Waals surface area contributed by atoms with Crippen LogP contribution in [0.1, 0.15) is 37.7 Å². The molecule has 0 aliphatic carbocycles. The van der Waals surface area contributed by atoms with Gasteiger partial charge in [0.25, 0.3) is 0 Å². The molecule has 0 saturated heterocycles. The molecule has 0 aromatic carbocycles. The molecule has 1 aliphatic rings. The van der Waals surface area contributed by atoms with Gasteiger partial charge in [0, 0.05) is 12.1 Å². The zero-order valence-corrected chi connectivity index (χ0v) is 9.71. The summed E-state index contributed by atoms with van der Waals surface area (Å²) in [6.07, 6.45) is 0.942. The van der Waals surface area contributed by atoms with Gasteiger partial charge in [-0.2, -0.15) is 5.10 Å². The molecule has 2 heterocycles. The number of hydrogen-bond acceptors (Lipinski definition) is 3. The molecule has 4 nitrogen and oxygen atoms in total. The average molecular weight is 209 g/mol. The predicted molar refractivity (Wildman–Crippen MR) is 58.5 cm³/mol. The molecule has 0 bridgehead atoms. The second-order valence-electron chi connectivity index (χ2n) is 4.96. The van der Waals surface area contributed by atoms with Crippen molar-refractivity contribution in [1.29, 1.82) is 0 Å². The minimum Gasteiger partial charge on any atom is -0.375 e. The molecule has 15 heavy (non-hydrogen) atoms. The van der Waals surface area contributed by atoms with Gasteiger partial charge in [-0.3, -0.25) is 4.68 Å². The van der Waals surface area contributed by atoms with E-state index in [0.29, 0.717) is 13.2 Å². The summed E-state index contributed by atoms with van der Waals surface area (Å²) in [7, 11) is 0. The van der Waals surface area contributed by atoms with E-state index in [1.165, 1.54) is 11.3 Å². The lowest BCUT2D eigenvalue weighted by Gasteiger charge is -2.24. The van der Waals surface area contributed by atoms with Crippen LogP contribution in [-0.2, 0) is 29.8 Å². The summed E-state index contributed by atoms with van der Waals surface area (Å²) in [5, 5.41) is 4.59. The molecule has 0 radical (unpaired) electrons. The Labute approximate surface area is 90.4 Å². The number of fused-ring (bicyclic) bond motifs is 1. The fourth-order valence-corrected chi connectivity index (χ4v) is 2.03. The van der Waals surface area contributed by atoms with Gasteiger partial charge in [-0.15, -0.1) is 0 Å². The van der Waals surface area contributed by atoms with Gasteiger partial charge in [0.05, 0.1) is 30.1 Å². The van der Waals surface area contributed by atoms with Gasteiger partial charge in [-0.05, 0) is 27.2 Å². The van der Waals surface area contributed by atoms with Crippen molar-refractivity contribution in [3.05, 3.63) is 17.0 Å². The first-order valence-electron chi connectivity index (χ1n) is 5.42. The van der Waals surface area contributed by atoms with Crippen LogP contribution >= 0.6 is 0 Å². The summed E-state index contributed by atoms with van der Waals surface area (Å²) < 4.78 is 7.55. The lowest BCUT2D eigenvalue weighted by Crippen LogP contribution is -2.27. The van der Waals surface area contributed by atoms with Gasteiger partial charge in [0.15, 0.2) is 0 Å². The Hall–Kier alpha value is -0.870. The molecular formula is C11H19N3O. The van der Waals surface area contributed by atoms with Crippen molar-refractivity contribution < 1.29 is 4.74 Å². The number of ether oxygens (including phenoxy) is 1. The van der Waals surface area contributed by atoms with Crippen molar-refractivity contribution in [3.63, 3.8) is 0 Å². The molecule has 1 aromatic rings. The smallest absolute Gasteiger partial charge is 0.0888 e. The molecule has 0 fully saturated rings. The van der Waals surface area contributed by atoms with Crippen LogP contribution in [0.3, 0.4) is 0 Å². The van der Waals surface area contributed by atoms with Crippen molar-refractivity contribution in [2.75, 3.05) is 6.61 Å². The highest BCUT2D eigenvalue weighted by Gasteiger charge is 2.26. The normalized spacial score (nSPS) is 16.5. The lowest BCUT2D eigenvalue weighted by atomic mass is 10.1. The van der Waals surface area contributed by atoms with E-state index in [1.807, 2.05) is 0 Å². The Morgan fingerprint density at radius 2 is 2.20 bits per heavy atom. The highest BCUT2D eigenvalue weighted by atomic mass is 16.5. The van der Waals surface area contributed by atoms with Gasteiger partial charge < -0.3 is 10.5 Å². The molecule has 1 aromatic heterocycles. The second kappa shape index (κ2) is 3.61. The first kappa shape index (κ1) is 10.6. The molecular weight excluding hydrogens is 190 g/mol. The maximum atomic E-state index is 5.71. The molecule has 2 N–H and O–H groups in total. The van der Waals surface area contributed by atoms with Crippen molar-refractivity contribution in [3.8, 4) is 0 Å².